The van der Waals surface area contributed by atoms with Gasteiger partial charge in [-0.3, -0.25) is 0 Å². The third kappa shape index (κ3) is 3.20. The molecule has 0 unspecified atom stereocenters. The highest BCUT2D eigenvalue weighted by Crippen LogP contribution is 2.62. The minimum absolute atomic E-state index is 0.411. The molecule has 130 valence electrons. The van der Waals surface area contributed by atoms with Crippen molar-refractivity contribution in [1.29, 1.82) is 0 Å². The van der Waals surface area contributed by atoms with E-state index in [4.69, 9.17) is 4.43 Å². The fourth-order valence-electron chi connectivity index (χ4n) is 6.13. The lowest BCUT2D eigenvalue weighted by Gasteiger charge is -2.62. The molecule has 0 radical (unpaired) electrons. The molecular formula is C20H40OSi. The molecule has 0 amide bonds. The lowest BCUT2D eigenvalue weighted by atomic mass is 9.45. The van der Waals surface area contributed by atoms with Crippen LogP contribution in [0.4, 0.5) is 0 Å². The molecule has 0 aromatic heterocycles. The number of rotatable bonds is 5. The summed E-state index contributed by atoms with van der Waals surface area (Å²) in [4.78, 5) is 0. The monoisotopic (exact) mass is 324 g/mol. The summed E-state index contributed by atoms with van der Waals surface area (Å²) in [6.07, 6.45) is 10.2. The molecule has 0 heterocycles. The predicted octanol–water partition coefficient (Wildman–Crippen LogP) is 4.97. The minimum atomic E-state index is 0.411. The van der Waals surface area contributed by atoms with Crippen LogP contribution < -0.4 is 0 Å². The van der Waals surface area contributed by atoms with Crippen molar-refractivity contribution in [1.82, 2.24) is 0 Å². The Morgan fingerprint density at radius 2 is 1.86 bits per heavy atom. The summed E-state index contributed by atoms with van der Waals surface area (Å²) < 4.78 is 6.21. The van der Waals surface area contributed by atoms with Crippen LogP contribution in [0, 0.1) is 34.5 Å². The van der Waals surface area contributed by atoms with E-state index >= 15 is 0 Å². The molecular weight excluding hydrogens is 284 g/mol. The van der Waals surface area contributed by atoms with Crippen LogP contribution in [0.25, 0.3) is 0 Å². The highest BCUT2D eigenvalue weighted by molar-refractivity contribution is 5.98. The lowest BCUT2D eigenvalue weighted by Crippen LogP contribution is -2.58. The molecule has 22 heavy (non-hydrogen) atoms. The van der Waals surface area contributed by atoms with Crippen LogP contribution in [0.15, 0.2) is 0 Å². The second-order valence-electron chi connectivity index (χ2n) is 9.42. The van der Waals surface area contributed by atoms with Gasteiger partial charge in [-0.05, 0) is 60.2 Å². The zero-order chi connectivity index (χ0) is 16.5. The van der Waals surface area contributed by atoms with Crippen molar-refractivity contribution in [2.75, 3.05) is 0 Å². The third-order valence-corrected chi connectivity index (χ3v) is 8.36. The van der Waals surface area contributed by atoms with Crippen molar-refractivity contribution in [2.45, 2.75) is 92.6 Å². The maximum atomic E-state index is 6.21. The molecule has 2 heteroatoms. The first-order valence-corrected chi connectivity index (χ1v) is 10.6. The largest absolute Gasteiger partial charge is 0.424 e. The van der Waals surface area contributed by atoms with Gasteiger partial charge in [0, 0.05) is 6.10 Å². The maximum Gasteiger partial charge on any atom is 0.146 e. The number of fused-ring (bicyclic) bond motifs is 1. The van der Waals surface area contributed by atoms with Crippen LogP contribution in [0.1, 0.15) is 86.5 Å². The molecule has 2 saturated carbocycles. The second kappa shape index (κ2) is 6.97. The summed E-state index contributed by atoms with van der Waals surface area (Å²) in [5, 5.41) is 0. The van der Waals surface area contributed by atoms with Crippen molar-refractivity contribution >= 4 is 10.5 Å². The van der Waals surface area contributed by atoms with Crippen molar-refractivity contribution in [3.8, 4) is 0 Å². The fourth-order valence-corrected chi connectivity index (χ4v) is 6.88. The van der Waals surface area contributed by atoms with Crippen LogP contribution >= 0.6 is 0 Å². The van der Waals surface area contributed by atoms with Gasteiger partial charge in [0.2, 0.25) is 0 Å². The van der Waals surface area contributed by atoms with E-state index in [0.29, 0.717) is 16.9 Å². The SMILES string of the molecule is CC[C@@H](C)CC[C@H]1[C@@H](C)CC[C@H]2C(C)(C)CC[C@@H](O[SiH3])[C@]12C. The molecule has 0 aromatic rings. The molecule has 0 bridgehead atoms. The summed E-state index contributed by atoms with van der Waals surface area (Å²) >= 11 is 0. The Hall–Kier alpha value is 0.177. The normalized spacial score (nSPS) is 42.8. The van der Waals surface area contributed by atoms with Crippen LogP contribution in [0.5, 0.6) is 0 Å². The van der Waals surface area contributed by atoms with Gasteiger partial charge in [-0.1, -0.05) is 60.8 Å². The Morgan fingerprint density at radius 3 is 2.45 bits per heavy atom. The van der Waals surface area contributed by atoms with Crippen LogP contribution in [0.2, 0.25) is 0 Å². The number of hydrogen-bond acceptors (Lipinski definition) is 1. The van der Waals surface area contributed by atoms with Crippen LogP contribution in [0.3, 0.4) is 0 Å². The molecule has 0 aromatic carbocycles. The summed E-state index contributed by atoms with van der Waals surface area (Å²) in [7, 11) is 0.894. The smallest absolute Gasteiger partial charge is 0.146 e. The quantitative estimate of drug-likeness (QED) is 0.649. The summed E-state index contributed by atoms with van der Waals surface area (Å²) in [6, 6.07) is 0. The van der Waals surface area contributed by atoms with Crippen molar-refractivity contribution in [3.05, 3.63) is 0 Å². The van der Waals surface area contributed by atoms with E-state index < -0.39 is 0 Å². The van der Waals surface area contributed by atoms with Gasteiger partial charge in [0.05, 0.1) is 0 Å². The Bertz CT molecular complexity index is 367. The topological polar surface area (TPSA) is 9.23 Å². The van der Waals surface area contributed by atoms with Gasteiger partial charge in [0.25, 0.3) is 0 Å². The summed E-state index contributed by atoms with van der Waals surface area (Å²) in [5.41, 5.74) is 0.911. The average Bonchev–Trinajstić information content (AvgIpc) is 2.45. The average molecular weight is 325 g/mol. The van der Waals surface area contributed by atoms with Gasteiger partial charge >= 0.3 is 0 Å². The van der Waals surface area contributed by atoms with E-state index in [1.54, 1.807) is 0 Å². The van der Waals surface area contributed by atoms with Crippen LogP contribution in [-0.2, 0) is 4.43 Å². The molecule has 0 saturated heterocycles. The van der Waals surface area contributed by atoms with E-state index in [-0.39, 0.29) is 0 Å². The van der Waals surface area contributed by atoms with E-state index in [2.05, 4.69) is 41.5 Å². The standard InChI is InChI=1S/C20H40OSi/c1-7-14(2)8-10-16-15(3)9-11-17-19(4,5)13-12-18(21-22)20(16,17)6/h14-18H,7-13H2,1-6,22H3/t14-,15+,16+,17+,18-,20-/m1/s1. The first kappa shape index (κ1) is 18.5. The van der Waals surface area contributed by atoms with E-state index in [1.165, 1.54) is 44.9 Å². The van der Waals surface area contributed by atoms with Crippen LogP contribution in [-0.4, -0.2) is 16.6 Å². The second-order valence-corrected chi connectivity index (χ2v) is 9.89. The Labute approximate surface area is 142 Å². The van der Waals surface area contributed by atoms with Gasteiger partial charge in [0.15, 0.2) is 0 Å². The van der Waals surface area contributed by atoms with Gasteiger partial charge in [-0.25, -0.2) is 0 Å². The molecule has 0 N–H and O–H groups in total. The molecule has 1 nitrogen and oxygen atoms in total. The highest BCUT2D eigenvalue weighted by atomic mass is 28.2. The molecule has 2 aliphatic carbocycles. The first-order chi connectivity index (χ1) is 10.3. The van der Waals surface area contributed by atoms with E-state index in [9.17, 15) is 0 Å². The third-order valence-electron chi connectivity index (χ3n) is 7.79. The molecule has 2 fully saturated rings. The molecule has 0 spiro atoms. The zero-order valence-corrected chi connectivity index (χ0v) is 18.2. The zero-order valence-electron chi connectivity index (χ0n) is 16.2. The van der Waals surface area contributed by atoms with Gasteiger partial charge < -0.3 is 4.43 Å². The lowest BCUT2D eigenvalue weighted by molar-refractivity contribution is -0.157. The highest BCUT2D eigenvalue weighted by Gasteiger charge is 2.57. The van der Waals surface area contributed by atoms with Crippen molar-refractivity contribution in [2.24, 2.45) is 34.5 Å². The Kier molecular flexibility index (Phi) is 5.86. The van der Waals surface area contributed by atoms with Gasteiger partial charge in [0.1, 0.15) is 10.5 Å². The van der Waals surface area contributed by atoms with Crippen molar-refractivity contribution < 1.29 is 4.43 Å². The molecule has 2 aliphatic rings. The molecule has 6 atom stereocenters. The Balaban J connectivity index is 2.28. The predicted molar refractivity (Wildman–Crippen MR) is 100 cm³/mol. The number of hydrogen-bond donors (Lipinski definition) is 0. The van der Waals surface area contributed by atoms with E-state index in [0.717, 1.165) is 34.2 Å². The Morgan fingerprint density at radius 1 is 1.18 bits per heavy atom. The summed E-state index contributed by atoms with van der Waals surface area (Å²) in [5.74, 6) is 3.46. The minimum Gasteiger partial charge on any atom is -0.424 e. The van der Waals surface area contributed by atoms with Gasteiger partial charge in [-0.2, -0.15) is 0 Å². The first-order valence-electron chi connectivity index (χ1n) is 9.80. The van der Waals surface area contributed by atoms with Crippen molar-refractivity contribution in [3.63, 3.8) is 0 Å². The molecule has 2 rings (SSSR count). The maximum absolute atomic E-state index is 6.21. The molecule has 0 aliphatic heterocycles. The fraction of sp³-hybridized carbons (Fsp3) is 1.00. The van der Waals surface area contributed by atoms with E-state index in [1.807, 2.05) is 0 Å². The summed E-state index contributed by atoms with van der Waals surface area (Å²) in [6.45, 7) is 15.0. The van der Waals surface area contributed by atoms with Gasteiger partial charge in [-0.15, -0.1) is 0 Å².